The van der Waals surface area contributed by atoms with Gasteiger partial charge in [0, 0.05) is 34.1 Å². The second-order valence-corrected chi connectivity index (χ2v) is 14.0. The maximum Gasteiger partial charge on any atom is 0.306 e. The van der Waals surface area contributed by atoms with E-state index in [1.165, 1.54) is 23.5 Å². The van der Waals surface area contributed by atoms with E-state index in [2.05, 4.69) is 17.1 Å². The number of carbonyl (C=O) groups is 3. The standard InChI is InChI=1S/C34H39ClFN3O5S/c1-20-5-4-12-38(20)23-15-24(18-44-25-10-8-21(9-11-25)34(42)43)39(17-23)32(40)14-22-13-28(35)30(16-29(22)36)37-33(41)27-19-45-31-7-3-2-6-26(27)31/h2-3,6-7,13,16,19-21,23-25H,4-5,8-12,14-15,17-18H2,1H3,(H,37,41)(H,42,43)/t20?,21?,23-,24-,25?/m0/s1. The lowest BCUT2D eigenvalue weighted by molar-refractivity contribution is -0.144. The van der Waals surface area contributed by atoms with Gasteiger partial charge in [0.2, 0.25) is 5.91 Å². The fourth-order valence-electron chi connectivity index (χ4n) is 7.24. The van der Waals surface area contributed by atoms with Crippen molar-refractivity contribution < 1.29 is 28.6 Å². The normalized spacial score (nSPS) is 25.6. The molecular weight excluding hydrogens is 617 g/mol. The van der Waals surface area contributed by atoms with E-state index in [1.807, 2.05) is 29.2 Å². The van der Waals surface area contributed by atoms with E-state index in [4.69, 9.17) is 16.3 Å². The third-order valence-electron chi connectivity index (χ3n) is 9.79. The van der Waals surface area contributed by atoms with E-state index in [1.54, 1.807) is 5.38 Å². The van der Waals surface area contributed by atoms with Crippen LogP contribution in [0.1, 0.15) is 67.8 Å². The van der Waals surface area contributed by atoms with Gasteiger partial charge in [-0.3, -0.25) is 19.3 Å². The summed E-state index contributed by atoms with van der Waals surface area (Å²) in [5.41, 5.74) is 0.817. The number of rotatable bonds is 9. The molecule has 11 heteroatoms. The molecule has 1 aliphatic carbocycles. The maximum atomic E-state index is 15.4. The zero-order chi connectivity index (χ0) is 31.7. The second kappa shape index (κ2) is 13.7. The van der Waals surface area contributed by atoms with E-state index >= 15 is 4.39 Å². The van der Waals surface area contributed by atoms with Crippen molar-refractivity contribution in [2.24, 2.45) is 5.92 Å². The number of fused-ring (bicyclic) bond motifs is 1. The van der Waals surface area contributed by atoms with Crippen molar-refractivity contribution in [3.05, 3.63) is 63.7 Å². The first-order valence-electron chi connectivity index (χ1n) is 15.8. The largest absolute Gasteiger partial charge is 0.481 e. The van der Waals surface area contributed by atoms with Crippen LogP contribution in [-0.2, 0) is 20.7 Å². The molecule has 1 saturated carbocycles. The van der Waals surface area contributed by atoms with Gasteiger partial charge in [0.25, 0.3) is 5.91 Å². The molecule has 2 aromatic carbocycles. The summed E-state index contributed by atoms with van der Waals surface area (Å²) in [7, 11) is 0. The Morgan fingerprint density at radius 3 is 2.64 bits per heavy atom. The zero-order valence-corrected chi connectivity index (χ0v) is 26.9. The molecule has 2 N–H and O–H groups in total. The Labute approximate surface area is 271 Å². The number of carboxylic acid groups (broad SMARTS) is 1. The molecule has 8 nitrogen and oxygen atoms in total. The maximum absolute atomic E-state index is 15.4. The molecule has 1 aromatic heterocycles. The van der Waals surface area contributed by atoms with Crippen molar-refractivity contribution in [2.45, 2.75) is 82.5 Å². The molecule has 0 radical (unpaired) electrons. The predicted molar refractivity (Wildman–Crippen MR) is 174 cm³/mol. The number of anilines is 1. The summed E-state index contributed by atoms with van der Waals surface area (Å²) in [6, 6.07) is 10.7. The number of likely N-dealkylation sites (tertiary alicyclic amines) is 2. The van der Waals surface area contributed by atoms with Crippen LogP contribution >= 0.6 is 22.9 Å². The van der Waals surface area contributed by atoms with E-state index < -0.39 is 11.8 Å². The van der Waals surface area contributed by atoms with Crippen LogP contribution in [-0.4, -0.2) is 76.6 Å². The third kappa shape index (κ3) is 7.04. The molecule has 45 heavy (non-hydrogen) atoms. The highest BCUT2D eigenvalue weighted by Gasteiger charge is 2.41. The highest BCUT2D eigenvalue weighted by molar-refractivity contribution is 7.17. The van der Waals surface area contributed by atoms with Gasteiger partial charge in [-0.15, -0.1) is 11.3 Å². The number of halogens is 2. The summed E-state index contributed by atoms with van der Waals surface area (Å²) in [4.78, 5) is 42.4. The van der Waals surface area contributed by atoms with E-state index in [9.17, 15) is 19.5 Å². The van der Waals surface area contributed by atoms with E-state index in [0.29, 0.717) is 50.4 Å². The van der Waals surface area contributed by atoms with Crippen LogP contribution in [0.4, 0.5) is 10.1 Å². The number of carbonyl (C=O) groups excluding carboxylic acids is 2. The molecule has 0 bridgehead atoms. The summed E-state index contributed by atoms with van der Waals surface area (Å²) in [5.74, 6) is -2.24. The van der Waals surface area contributed by atoms with Gasteiger partial charge in [-0.05, 0) is 82.2 Å². The Bertz CT molecular complexity index is 1570. The Morgan fingerprint density at radius 1 is 1.13 bits per heavy atom. The molecule has 2 saturated heterocycles. The Hall–Kier alpha value is -3.05. The summed E-state index contributed by atoms with van der Waals surface area (Å²) >= 11 is 7.98. The molecule has 240 valence electrons. The fraction of sp³-hybridized carbons (Fsp3) is 0.500. The SMILES string of the molecule is CC1CCCN1[C@H]1C[C@@H](COC2CCC(C(=O)O)CC2)N(C(=O)Cc2cc(Cl)c(NC(=O)c3csc4ccccc34)cc2F)C1. The monoisotopic (exact) mass is 655 g/mol. The number of ether oxygens (including phenoxy) is 1. The molecule has 3 fully saturated rings. The van der Waals surface area contributed by atoms with Crippen molar-refractivity contribution in [3.8, 4) is 0 Å². The van der Waals surface area contributed by atoms with Crippen LogP contribution in [0.5, 0.6) is 0 Å². The van der Waals surface area contributed by atoms with Gasteiger partial charge < -0.3 is 20.1 Å². The average Bonchev–Trinajstić information content (AvgIpc) is 3.77. The molecule has 1 unspecified atom stereocenters. The van der Waals surface area contributed by atoms with Gasteiger partial charge in [0.05, 0.1) is 47.4 Å². The number of hydrogen-bond donors (Lipinski definition) is 2. The van der Waals surface area contributed by atoms with Gasteiger partial charge >= 0.3 is 5.97 Å². The van der Waals surface area contributed by atoms with E-state index in [-0.39, 0.29) is 58.6 Å². The van der Waals surface area contributed by atoms with Gasteiger partial charge in [-0.2, -0.15) is 0 Å². The minimum Gasteiger partial charge on any atom is -0.481 e. The smallest absolute Gasteiger partial charge is 0.306 e. The molecule has 2 amide bonds. The Kier molecular flexibility index (Phi) is 9.75. The highest BCUT2D eigenvalue weighted by Crippen LogP contribution is 2.33. The molecule has 2 aliphatic heterocycles. The summed E-state index contributed by atoms with van der Waals surface area (Å²) in [6.07, 6.45) is 5.46. The Balaban J connectivity index is 1.13. The minimum absolute atomic E-state index is 0.0200. The molecule has 3 aliphatic rings. The number of hydrogen-bond acceptors (Lipinski definition) is 6. The third-order valence-corrected chi connectivity index (χ3v) is 11.1. The second-order valence-electron chi connectivity index (χ2n) is 12.7. The molecule has 0 spiro atoms. The van der Waals surface area contributed by atoms with Crippen molar-refractivity contribution in [2.75, 3.05) is 25.0 Å². The highest BCUT2D eigenvalue weighted by atomic mass is 35.5. The number of amides is 2. The van der Waals surface area contributed by atoms with Crippen LogP contribution in [0.15, 0.2) is 41.8 Å². The van der Waals surface area contributed by atoms with E-state index in [0.717, 1.165) is 35.9 Å². The first-order chi connectivity index (χ1) is 21.7. The summed E-state index contributed by atoms with van der Waals surface area (Å²) < 4.78 is 22.7. The van der Waals surface area contributed by atoms with Gasteiger partial charge in [0.1, 0.15) is 5.82 Å². The molecule has 3 atom stereocenters. The van der Waals surface area contributed by atoms with Gasteiger partial charge in [0.15, 0.2) is 0 Å². The van der Waals surface area contributed by atoms with Gasteiger partial charge in [-0.1, -0.05) is 29.8 Å². The fourth-order valence-corrected chi connectivity index (χ4v) is 8.42. The zero-order valence-electron chi connectivity index (χ0n) is 25.3. The lowest BCUT2D eigenvalue weighted by Crippen LogP contribution is -2.42. The Morgan fingerprint density at radius 2 is 1.91 bits per heavy atom. The van der Waals surface area contributed by atoms with Crippen LogP contribution in [0.2, 0.25) is 5.02 Å². The molecular formula is C34H39ClFN3O5S. The summed E-state index contributed by atoms with van der Waals surface area (Å²) in [5, 5.41) is 14.8. The lowest BCUT2D eigenvalue weighted by Gasteiger charge is -2.30. The van der Waals surface area contributed by atoms with Crippen molar-refractivity contribution in [1.29, 1.82) is 0 Å². The van der Waals surface area contributed by atoms with Crippen LogP contribution in [0.25, 0.3) is 10.1 Å². The first-order valence-corrected chi connectivity index (χ1v) is 17.1. The number of carboxylic acids is 1. The summed E-state index contributed by atoms with van der Waals surface area (Å²) in [6.45, 7) is 4.15. The molecule has 6 rings (SSSR count). The molecule has 3 heterocycles. The van der Waals surface area contributed by atoms with Crippen LogP contribution in [0.3, 0.4) is 0 Å². The number of thiophene rings is 1. The number of benzene rings is 2. The minimum atomic E-state index is -0.748. The number of nitrogens with zero attached hydrogens (tertiary/aromatic N) is 2. The first kappa shape index (κ1) is 31.9. The molecule has 3 aromatic rings. The number of nitrogens with one attached hydrogen (secondary N) is 1. The van der Waals surface area contributed by atoms with Crippen LogP contribution in [0, 0.1) is 11.7 Å². The lowest BCUT2D eigenvalue weighted by atomic mass is 9.87. The predicted octanol–water partition coefficient (Wildman–Crippen LogP) is 6.60. The van der Waals surface area contributed by atoms with Gasteiger partial charge in [-0.25, -0.2) is 4.39 Å². The average molecular weight is 656 g/mol. The van der Waals surface area contributed by atoms with Crippen molar-refractivity contribution in [1.82, 2.24) is 9.80 Å². The quantitative estimate of drug-likeness (QED) is 0.270. The number of aliphatic carboxylic acids is 1. The topological polar surface area (TPSA) is 99.2 Å². The van der Waals surface area contributed by atoms with Crippen molar-refractivity contribution >= 4 is 56.5 Å². The van der Waals surface area contributed by atoms with Crippen molar-refractivity contribution in [3.63, 3.8) is 0 Å². The van der Waals surface area contributed by atoms with Crippen LogP contribution < -0.4 is 5.32 Å².